The molecule has 0 fully saturated rings. The Morgan fingerprint density at radius 1 is 1.32 bits per heavy atom. The number of likely N-dealkylation sites (N-methyl/N-ethyl adjacent to an activating group) is 1. The number of anilines is 1. The first kappa shape index (κ1) is 18.5. The van der Waals surface area contributed by atoms with Crippen molar-refractivity contribution < 1.29 is 14.0 Å². The van der Waals surface area contributed by atoms with Crippen LogP contribution in [0.25, 0.3) is 0 Å². The van der Waals surface area contributed by atoms with Crippen molar-refractivity contribution in [3.63, 3.8) is 0 Å². The lowest BCUT2D eigenvalue weighted by atomic mass is 10.2. The van der Waals surface area contributed by atoms with E-state index >= 15 is 0 Å². The van der Waals surface area contributed by atoms with Crippen molar-refractivity contribution in [1.82, 2.24) is 10.2 Å². The predicted molar refractivity (Wildman–Crippen MR) is 92.9 cm³/mol. The van der Waals surface area contributed by atoms with Crippen molar-refractivity contribution in [2.75, 3.05) is 26.0 Å². The molecule has 0 saturated carbocycles. The Morgan fingerprint density at radius 2 is 2.08 bits per heavy atom. The lowest BCUT2D eigenvalue weighted by Gasteiger charge is -2.22. The number of rotatable bonds is 5. The van der Waals surface area contributed by atoms with Crippen molar-refractivity contribution in [2.45, 2.75) is 6.04 Å². The first-order valence-electron chi connectivity index (χ1n) is 7.41. The molecule has 0 unspecified atom stereocenters. The molecule has 1 aromatic carbocycles. The number of furan rings is 1. The maximum Gasteiger partial charge on any atom is 0.313 e. The number of carbonyl (C=O) groups excluding carboxylic acids is 2. The quantitative estimate of drug-likeness (QED) is 0.796. The van der Waals surface area contributed by atoms with Crippen LogP contribution in [0, 0.1) is 11.3 Å². The molecule has 0 aliphatic carbocycles. The second-order valence-corrected chi connectivity index (χ2v) is 5.90. The van der Waals surface area contributed by atoms with Gasteiger partial charge in [-0.15, -0.1) is 0 Å². The summed E-state index contributed by atoms with van der Waals surface area (Å²) in [4.78, 5) is 26.0. The molecule has 1 atom stereocenters. The summed E-state index contributed by atoms with van der Waals surface area (Å²) in [6.45, 7) is 0.188. The van der Waals surface area contributed by atoms with Crippen LogP contribution in [-0.4, -0.2) is 37.4 Å². The number of carbonyl (C=O) groups is 2. The third kappa shape index (κ3) is 4.83. The summed E-state index contributed by atoms with van der Waals surface area (Å²) in [6, 6.07) is 9.67. The number of halogens is 1. The first-order chi connectivity index (χ1) is 11.9. The van der Waals surface area contributed by atoms with Gasteiger partial charge in [0.05, 0.1) is 23.6 Å². The molecule has 0 aliphatic heterocycles. The van der Waals surface area contributed by atoms with Gasteiger partial charge in [-0.1, -0.05) is 11.6 Å². The smallest absolute Gasteiger partial charge is 0.313 e. The van der Waals surface area contributed by atoms with E-state index in [4.69, 9.17) is 21.3 Å². The SMILES string of the molecule is CN(C)[C@H](CNC(=O)C(=O)Nc1cc(Cl)ccc1C#N)c1ccco1. The molecule has 0 saturated heterocycles. The van der Waals surface area contributed by atoms with Crippen molar-refractivity contribution in [3.05, 3.63) is 52.9 Å². The minimum atomic E-state index is -0.879. The molecule has 25 heavy (non-hydrogen) atoms. The molecule has 0 spiro atoms. The maximum atomic E-state index is 12.0. The minimum absolute atomic E-state index is 0.186. The number of nitriles is 1. The molecule has 2 rings (SSSR count). The highest BCUT2D eigenvalue weighted by Gasteiger charge is 2.21. The molecule has 1 aromatic heterocycles. The average Bonchev–Trinajstić information content (AvgIpc) is 3.09. The highest BCUT2D eigenvalue weighted by Crippen LogP contribution is 2.20. The standard InChI is InChI=1S/C17H17ClN4O3/c1-22(2)14(15-4-3-7-25-15)10-20-16(23)17(24)21-13-8-12(18)6-5-11(13)9-19/h3-8,14H,10H2,1-2H3,(H,20,23)(H,21,24)/t14-/m1/s1. The van der Waals surface area contributed by atoms with Gasteiger partial charge in [0.25, 0.3) is 0 Å². The third-order valence-corrected chi connectivity index (χ3v) is 3.74. The molecule has 0 radical (unpaired) electrons. The van der Waals surface area contributed by atoms with E-state index in [0.717, 1.165) is 0 Å². The van der Waals surface area contributed by atoms with E-state index in [9.17, 15) is 9.59 Å². The largest absolute Gasteiger partial charge is 0.468 e. The number of hydrogen-bond donors (Lipinski definition) is 2. The van der Waals surface area contributed by atoms with E-state index in [0.29, 0.717) is 10.8 Å². The van der Waals surface area contributed by atoms with Crippen LogP contribution >= 0.6 is 11.6 Å². The molecule has 7 nitrogen and oxygen atoms in total. The van der Waals surface area contributed by atoms with Crippen LogP contribution in [0.3, 0.4) is 0 Å². The summed E-state index contributed by atoms with van der Waals surface area (Å²) in [7, 11) is 3.68. The van der Waals surface area contributed by atoms with Crippen LogP contribution < -0.4 is 10.6 Å². The highest BCUT2D eigenvalue weighted by molar-refractivity contribution is 6.40. The minimum Gasteiger partial charge on any atom is -0.468 e. The summed E-state index contributed by atoms with van der Waals surface area (Å²) >= 11 is 5.85. The van der Waals surface area contributed by atoms with Gasteiger partial charge in [0.15, 0.2) is 0 Å². The molecular formula is C17H17ClN4O3. The summed E-state index contributed by atoms with van der Waals surface area (Å²) < 4.78 is 5.34. The van der Waals surface area contributed by atoms with E-state index in [1.54, 1.807) is 18.4 Å². The van der Waals surface area contributed by atoms with Gasteiger partial charge in [-0.25, -0.2) is 0 Å². The third-order valence-electron chi connectivity index (χ3n) is 3.51. The lowest BCUT2D eigenvalue weighted by molar-refractivity contribution is -0.136. The molecular weight excluding hydrogens is 344 g/mol. The predicted octanol–water partition coefficient (Wildman–Crippen LogP) is 2.16. The topological polar surface area (TPSA) is 98.4 Å². The number of benzene rings is 1. The Hall–Kier alpha value is -2.82. The summed E-state index contributed by atoms with van der Waals surface area (Å²) in [6.07, 6.45) is 1.54. The second kappa shape index (κ2) is 8.33. The maximum absolute atomic E-state index is 12.0. The van der Waals surface area contributed by atoms with Crippen molar-refractivity contribution in [1.29, 1.82) is 5.26 Å². The molecule has 2 amide bonds. The van der Waals surface area contributed by atoms with Crippen LogP contribution in [0.5, 0.6) is 0 Å². The fourth-order valence-electron chi connectivity index (χ4n) is 2.18. The lowest BCUT2D eigenvalue weighted by Crippen LogP contribution is -2.40. The van der Waals surface area contributed by atoms with E-state index in [1.165, 1.54) is 18.2 Å². The number of hydrogen-bond acceptors (Lipinski definition) is 5. The monoisotopic (exact) mass is 360 g/mol. The Labute approximate surface area is 150 Å². The zero-order valence-electron chi connectivity index (χ0n) is 13.7. The van der Waals surface area contributed by atoms with Gasteiger partial charge < -0.3 is 15.1 Å². The number of nitrogens with zero attached hydrogens (tertiary/aromatic N) is 2. The Bertz CT molecular complexity index is 797. The van der Waals surface area contributed by atoms with Crippen molar-refractivity contribution >= 4 is 29.1 Å². The van der Waals surface area contributed by atoms with Crippen LogP contribution in [0.15, 0.2) is 41.0 Å². The molecule has 0 bridgehead atoms. The van der Waals surface area contributed by atoms with Crippen LogP contribution in [0.2, 0.25) is 5.02 Å². The van der Waals surface area contributed by atoms with Crippen molar-refractivity contribution in [2.24, 2.45) is 0 Å². The number of nitrogens with one attached hydrogen (secondary N) is 2. The summed E-state index contributed by atoms with van der Waals surface area (Å²) in [5, 5.41) is 14.3. The van der Waals surface area contributed by atoms with Crippen molar-refractivity contribution in [3.8, 4) is 6.07 Å². The van der Waals surface area contributed by atoms with Crippen LogP contribution in [0.4, 0.5) is 5.69 Å². The van der Waals surface area contributed by atoms with E-state index in [-0.39, 0.29) is 23.8 Å². The normalized spacial score (nSPS) is 11.6. The molecule has 8 heteroatoms. The van der Waals surface area contributed by atoms with E-state index in [1.807, 2.05) is 25.1 Å². The zero-order valence-corrected chi connectivity index (χ0v) is 14.5. The Kier molecular flexibility index (Phi) is 6.17. The van der Waals surface area contributed by atoms with Gasteiger partial charge in [-0.3, -0.25) is 14.5 Å². The van der Waals surface area contributed by atoms with Gasteiger partial charge in [-0.05, 0) is 44.4 Å². The fraction of sp³-hybridized carbons (Fsp3) is 0.235. The molecule has 130 valence electrons. The zero-order chi connectivity index (χ0) is 18.4. The summed E-state index contributed by atoms with van der Waals surface area (Å²) in [5.41, 5.74) is 0.401. The van der Waals surface area contributed by atoms with Gasteiger partial charge in [-0.2, -0.15) is 5.26 Å². The van der Waals surface area contributed by atoms with Gasteiger partial charge in [0.2, 0.25) is 0 Å². The average molecular weight is 361 g/mol. The van der Waals surface area contributed by atoms with Crippen LogP contribution in [0.1, 0.15) is 17.4 Å². The molecule has 2 N–H and O–H groups in total. The second-order valence-electron chi connectivity index (χ2n) is 5.46. The molecule has 0 aliphatic rings. The van der Waals surface area contributed by atoms with Gasteiger partial charge in [0, 0.05) is 11.6 Å². The summed E-state index contributed by atoms with van der Waals surface area (Å²) in [5.74, 6) is -1.02. The van der Waals surface area contributed by atoms with Gasteiger partial charge in [0.1, 0.15) is 11.8 Å². The van der Waals surface area contributed by atoms with E-state index in [2.05, 4.69) is 10.6 Å². The van der Waals surface area contributed by atoms with Crippen LogP contribution in [-0.2, 0) is 9.59 Å². The molecule has 2 aromatic rings. The van der Waals surface area contributed by atoms with E-state index < -0.39 is 11.8 Å². The number of amides is 2. The highest BCUT2D eigenvalue weighted by atomic mass is 35.5. The first-order valence-corrected chi connectivity index (χ1v) is 7.79. The van der Waals surface area contributed by atoms with Gasteiger partial charge >= 0.3 is 11.8 Å². The molecule has 1 heterocycles. The fourth-order valence-corrected chi connectivity index (χ4v) is 2.36. The Morgan fingerprint density at radius 3 is 2.68 bits per heavy atom. The Balaban J connectivity index is 2.00.